The maximum Gasteiger partial charge on any atom is 0.418 e. The van der Waals surface area contributed by atoms with Crippen LogP contribution in [0.15, 0.2) is 65.8 Å². The van der Waals surface area contributed by atoms with Crippen LogP contribution in [0.2, 0.25) is 0 Å². The topological polar surface area (TPSA) is 75.5 Å². The average molecular weight is 456 g/mol. The van der Waals surface area contributed by atoms with Crippen molar-refractivity contribution in [3.8, 4) is 5.69 Å². The summed E-state index contributed by atoms with van der Waals surface area (Å²) in [6, 6.07) is 15.7. The van der Waals surface area contributed by atoms with E-state index in [-0.39, 0.29) is 11.7 Å². The normalized spacial score (nSPS) is 12.5. The van der Waals surface area contributed by atoms with E-state index >= 15 is 0 Å². The lowest BCUT2D eigenvalue weighted by Crippen LogP contribution is -2.39. The molecule has 172 valence electrons. The molecule has 6 nitrogen and oxygen atoms in total. The van der Waals surface area contributed by atoms with E-state index in [1.807, 2.05) is 30.3 Å². The summed E-state index contributed by atoms with van der Waals surface area (Å²) in [6.07, 6.45) is -3.22. The molecule has 0 aliphatic heterocycles. The first kappa shape index (κ1) is 23.8. The van der Waals surface area contributed by atoms with Crippen molar-refractivity contribution in [3.63, 3.8) is 0 Å². The van der Waals surface area contributed by atoms with Crippen molar-refractivity contribution in [2.75, 3.05) is 0 Å². The lowest BCUT2D eigenvalue weighted by molar-refractivity contribution is -0.139. The van der Waals surface area contributed by atoms with Gasteiger partial charge in [-0.1, -0.05) is 42.5 Å². The van der Waals surface area contributed by atoms with Crippen LogP contribution in [0.1, 0.15) is 41.0 Å². The molecule has 9 heteroatoms. The lowest BCUT2D eigenvalue weighted by Gasteiger charge is -2.16. The number of carbonyl (C=O) groups excluding carboxylic acids is 2. The van der Waals surface area contributed by atoms with E-state index in [4.69, 9.17) is 0 Å². The third-order valence-corrected chi connectivity index (χ3v) is 5.14. The van der Waals surface area contributed by atoms with E-state index in [1.165, 1.54) is 29.0 Å². The van der Waals surface area contributed by atoms with Crippen LogP contribution in [0.5, 0.6) is 0 Å². The second-order valence-corrected chi connectivity index (χ2v) is 7.48. The van der Waals surface area contributed by atoms with Crippen molar-refractivity contribution >= 4 is 18.0 Å². The standard InChI is InChI=1S/C24H23F3N4O2/c1-15-13-19(17(3)31(15)21-12-8-7-11-20(21)24(25,26)27)14-28-30-23(33)22(32)29-16(2)18-9-5-4-6-10-18/h4-14,16H,1-3H3,(H,29,32)(H,30,33)/b28-14-/t16-/m1/s1. The number of aromatic nitrogens is 1. The summed E-state index contributed by atoms with van der Waals surface area (Å²) in [7, 11) is 0. The van der Waals surface area contributed by atoms with E-state index in [2.05, 4.69) is 15.8 Å². The Morgan fingerprint density at radius 2 is 1.64 bits per heavy atom. The minimum Gasteiger partial charge on any atom is -0.341 e. The van der Waals surface area contributed by atoms with Crippen LogP contribution >= 0.6 is 0 Å². The van der Waals surface area contributed by atoms with Crippen LogP contribution in [0.25, 0.3) is 5.69 Å². The van der Waals surface area contributed by atoms with Crippen molar-refractivity contribution in [3.05, 3.63) is 88.7 Å². The minimum atomic E-state index is -4.51. The van der Waals surface area contributed by atoms with E-state index in [9.17, 15) is 22.8 Å². The smallest absolute Gasteiger partial charge is 0.341 e. The van der Waals surface area contributed by atoms with Gasteiger partial charge in [0, 0.05) is 17.0 Å². The van der Waals surface area contributed by atoms with Crippen molar-refractivity contribution in [1.82, 2.24) is 15.3 Å². The fraction of sp³-hybridized carbons (Fsp3) is 0.208. The van der Waals surface area contributed by atoms with Crippen molar-refractivity contribution < 1.29 is 22.8 Å². The summed E-state index contributed by atoms with van der Waals surface area (Å²) in [5, 5.41) is 6.38. The molecule has 0 bridgehead atoms. The van der Waals surface area contributed by atoms with Crippen molar-refractivity contribution in [2.45, 2.75) is 33.0 Å². The largest absolute Gasteiger partial charge is 0.418 e. The van der Waals surface area contributed by atoms with Gasteiger partial charge in [-0.2, -0.15) is 18.3 Å². The Morgan fingerprint density at radius 3 is 2.30 bits per heavy atom. The SMILES string of the molecule is Cc1cc(/C=N\NC(=O)C(=O)N[C@H](C)c2ccccc2)c(C)n1-c1ccccc1C(F)(F)F. The number of hydrazone groups is 1. The Hall–Kier alpha value is -3.88. The number of rotatable bonds is 5. The fourth-order valence-electron chi connectivity index (χ4n) is 3.50. The quantitative estimate of drug-likeness (QED) is 0.338. The monoisotopic (exact) mass is 456 g/mol. The molecule has 1 atom stereocenters. The maximum absolute atomic E-state index is 13.4. The Bertz CT molecular complexity index is 1180. The number of halogens is 3. The second kappa shape index (κ2) is 9.72. The third-order valence-electron chi connectivity index (χ3n) is 5.14. The molecule has 0 aliphatic carbocycles. The van der Waals surface area contributed by atoms with Crippen LogP contribution in [-0.4, -0.2) is 22.6 Å². The molecule has 0 unspecified atom stereocenters. The second-order valence-electron chi connectivity index (χ2n) is 7.48. The van der Waals surface area contributed by atoms with Gasteiger partial charge in [0.15, 0.2) is 0 Å². The number of amides is 2. The van der Waals surface area contributed by atoms with E-state index in [0.29, 0.717) is 17.0 Å². The minimum absolute atomic E-state index is 0.00189. The van der Waals surface area contributed by atoms with E-state index in [1.54, 1.807) is 26.8 Å². The molecule has 1 aromatic heterocycles. The maximum atomic E-state index is 13.4. The highest BCUT2D eigenvalue weighted by Crippen LogP contribution is 2.35. The highest BCUT2D eigenvalue weighted by molar-refractivity contribution is 6.35. The van der Waals surface area contributed by atoms with Gasteiger partial charge in [-0.05, 0) is 44.5 Å². The Morgan fingerprint density at radius 1 is 1.00 bits per heavy atom. The number of para-hydroxylation sites is 1. The number of hydrogen-bond donors (Lipinski definition) is 2. The molecule has 1 heterocycles. The number of nitrogens with zero attached hydrogens (tertiary/aromatic N) is 2. The third kappa shape index (κ3) is 5.49. The molecule has 3 rings (SSSR count). The van der Waals surface area contributed by atoms with Crippen LogP contribution in [0.3, 0.4) is 0 Å². The summed E-state index contributed by atoms with van der Waals surface area (Å²) in [5.41, 5.74) is 3.80. The Labute approximate surface area is 189 Å². The van der Waals surface area contributed by atoms with Crippen LogP contribution in [-0.2, 0) is 15.8 Å². The van der Waals surface area contributed by atoms with Crippen LogP contribution < -0.4 is 10.7 Å². The van der Waals surface area contributed by atoms with Gasteiger partial charge in [-0.25, -0.2) is 5.43 Å². The molecule has 2 aromatic carbocycles. The van der Waals surface area contributed by atoms with E-state index in [0.717, 1.165) is 11.6 Å². The van der Waals surface area contributed by atoms with Gasteiger partial charge >= 0.3 is 18.0 Å². The van der Waals surface area contributed by atoms with Gasteiger partial charge in [0.25, 0.3) is 0 Å². The van der Waals surface area contributed by atoms with Crippen LogP contribution in [0.4, 0.5) is 13.2 Å². The van der Waals surface area contributed by atoms with Gasteiger partial charge in [0.05, 0.1) is 23.5 Å². The highest BCUT2D eigenvalue weighted by Gasteiger charge is 2.34. The van der Waals surface area contributed by atoms with Gasteiger partial charge in [0.1, 0.15) is 0 Å². The summed E-state index contributed by atoms with van der Waals surface area (Å²) in [4.78, 5) is 24.2. The molecule has 0 spiro atoms. The number of carbonyl (C=O) groups is 2. The zero-order valence-corrected chi connectivity index (χ0v) is 18.3. The number of alkyl halides is 3. The number of aryl methyl sites for hydroxylation is 1. The molecule has 3 aromatic rings. The molecule has 0 fully saturated rings. The first-order valence-corrected chi connectivity index (χ1v) is 10.1. The molecule has 0 saturated carbocycles. The predicted octanol–water partition coefficient (Wildman–Crippen LogP) is 4.44. The van der Waals surface area contributed by atoms with Crippen LogP contribution in [0, 0.1) is 13.8 Å². The molecule has 2 N–H and O–H groups in total. The molecular formula is C24H23F3N4O2. The summed E-state index contributed by atoms with van der Waals surface area (Å²) < 4.78 is 41.8. The van der Waals surface area contributed by atoms with Gasteiger partial charge in [-0.3, -0.25) is 9.59 Å². The highest BCUT2D eigenvalue weighted by atomic mass is 19.4. The molecule has 0 aliphatic rings. The lowest BCUT2D eigenvalue weighted by atomic mass is 10.1. The first-order valence-electron chi connectivity index (χ1n) is 10.1. The van der Waals surface area contributed by atoms with Gasteiger partial charge in [-0.15, -0.1) is 0 Å². The Kier molecular flexibility index (Phi) is 7.01. The Balaban J connectivity index is 1.72. The predicted molar refractivity (Wildman–Crippen MR) is 119 cm³/mol. The first-order chi connectivity index (χ1) is 15.6. The molecular weight excluding hydrogens is 433 g/mol. The summed E-state index contributed by atoms with van der Waals surface area (Å²) in [5.74, 6) is -1.81. The molecule has 0 saturated heterocycles. The summed E-state index contributed by atoms with van der Waals surface area (Å²) >= 11 is 0. The summed E-state index contributed by atoms with van der Waals surface area (Å²) in [6.45, 7) is 5.07. The number of benzene rings is 2. The number of hydrogen-bond acceptors (Lipinski definition) is 3. The van der Waals surface area contributed by atoms with Crippen molar-refractivity contribution in [2.24, 2.45) is 5.10 Å². The molecule has 2 amide bonds. The van der Waals surface area contributed by atoms with Crippen molar-refractivity contribution in [1.29, 1.82) is 0 Å². The molecule has 0 radical (unpaired) electrons. The van der Waals surface area contributed by atoms with E-state index < -0.39 is 23.6 Å². The fourth-order valence-corrected chi connectivity index (χ4v) is 3.50. The van der Waals surface area contributed by atoms with Gasteiger partial charge in [0.2, 0.25) is 0 Å². The molecule has 33 heavy (non-hydrogen) atoms. The zero-order chi connectivity index (χ0) is 24.2. The zero-order valence-electron chi connectivity index (χ0n) is 18.3. The van der Waals surface area contributed by atoms with Gasteiger partial charge < -0.3 is 9.88 Å². The average Bonchev–Trinajstić information content (AvgIpc) is 3.06. The number of nitrogens with one attached hydrogen (secondary N) is 2.